The first kappa shape index (κ1) is 17.3. The molecule has 1 fully saturated rings. The SMILES string of the molecule is C=CCOc1ccccc1CNC(=O)NCC1CCCC(O)C1. The molecule has 1 aromatic rings. The molecule has 0 saturated heterocycles. The number of carbonyl (C=O) groups is 1. The van der Waals surface area contributed by atoms with Crippen LogP contribution in [0.1, 0.15) is 31.2 Å². The second kappa shape index (κ2) is 9.20. The summed E-state index contributed by atoms with van der Waals surface area (Å²) in [6.45, 7) is 5.09. The van der Waals surface area contributed by atoms with Crippen LogP contribution in [-0.4, -0.2) is 30.4 Å². The van der Waals surface area contributed by atoms with Crippen molar-refractivity contribution < 1.29 is 14.6 Å². The molecule has 0 aromatic heterocycles. The first-order valence-electron chi connectivity index (χ1n) is 8.20. The molecule has 2 atom stereocenters. The van der Waals surface area contributed by atoms with Crippen molar-refractivity contribution in [1.29, 1.82) is 0 Å². The number of benzene rings is 1. The van der Waals surface area contributed by atoms with Crippen molar-refractivity contribution in [2.75, 3.05) is 13.2 Å². The predicted octanol–water partition coefficient (Wildman–Crippen LogP) is 2.60. The van der Waals surface area contributed by atoms with E-state index in [2.05, 4.69) is 17.2 Å². The van der Waals surface area contributed by atoms with Gasteiger partial charge in [0, 0.05) is 18.7 Å². The molecule has 3 N–H and O–H groups in total. The maximum Gasteiger partial charge on any atom is 0.315 e. The van der Waals surface area contributed by atoms with Gasteiger partial charge in [0.1, 0.15) is 12.4 Å². The zero-order chi connectivity index (χ0) is 16.5. The quantitative estimate of drug-likeness (QED) is 0.677. The van der Waals surface area contributed by atoms with Crippen LogP contribution in [0, 0.1) is 5.92 Å². The molecule has 2 rings (SSSR count). The van der Waals surface area contributed by atoms with E-state index < -0.39 is 0 Å². The van der Waals surface area contributed by atoms with E-state index in [9.17, 15) is 9.90 Å². The Balaban J connectivity index is 1.74. The van der Waals surface area contributed by atoms with Crippen LogP contribution in [0.15, 0.2) is 36.9 Å². The number of hydrogen-bond acceptors (Lipinski definition) is 3. The Morgan fingerprint density at radius 1 is 1.35 bits per heavy atom. The Bertz CT molecular complexity index is 519. The van der Waals surface area contributed by atoms with E-state index in [-0.39, 0.29) is 12.1 Å². The fraction of sp³-hybridized carbons (Fsp3) is 0.500. The second-order valence-corrected chi connectivity index (χ2v) is 5.96. The van der Waals surface area contributed by atoms with Gasteiger partial charge in [-0.1, -0.05) is 37.3 Å². The van der Waals surface area contributed by atoms with E-state index >= 15 is 0 Å². The van der Waals surface area contributed by atoms with Crippen LogP contribution in [0.25, 0.3) is 0 Å². The summed E-state index contributed by atoms with van der Waals surface area (Å²) >= 11 is 0. The molecular formula is C18H26N2O3. The van der Waals surface area contributed by atoms with Gasteiger partial charge in [0.25, 0.3) is 0 Å². The van der Waals surface area contributed by atoms with E-state index in [1.54, 1.807) is 6.08 Å². The standard InChI is InChI=1S/C18H26N2O3/c1-2-10-23-17-9-4-3-7-15(17)13-20-18(22)19-12-14-6-5-8-16(21)11-14/h2-4,7,9,14,16,21H,1,5-6,8,10-13H2,(H2,19,20,22). The molecule has 0 aliphatic heterocycles. The average molecular weight is 318 g/mol. The molecule has 1 aliphatic carbocycles. The second-order valence-electron chi connectivity index (χ2n) is 5.96. The molecule has 1 saturated carbocycles. The van der Waals surface area contributed by atoms with Crippen LogP contribution in [-0.2, 0) is 6.54 Å². The normalized spacial score (nSPS) is 20.6. The van der Waals surface area contributed by atoms with Gasteiger partial charge in [-0.2, -0.15) is 0 Å². The van der Waals surface area contributed by atoms with Crippen LogP contribution in [0.3, 0.4) is 0 Å². The Morgan fingerprint density at radius 2 is 2.17 bits per heavy atom. The zero-order valence-electron chi connectivity index (χ0n) is 13.5. The number of carbonyl (C=O) groups excluding carboxylic acids is 1. The first-order chi connectivity index (χ1) is 11.2. The third-order valence-electron chi connectivity index (χ3n) is 4.08. The lowest BCUT2D eigenvalue weighted by molar-refractivity contribution is 0.101. The molecular weight excluding hydrogens is 292 g/mol. The van der Waals surface area contributed by atoms with Gasteiger partial charge in [-0.3, -0.25) is 0 Å². The van der Waals surface area contributed by atoms with Crippen LogP contribution < -0.4 is 15.4 Å². The number of nitrogens with one attached hydrogen (secondary N) is 2. The molecule has 5 nitrogen and oxygen atoms in total. The van der Waals surface area contributed by atoms with Crippen LogP contribution >= 0.6 is 0 Å². The molecule has 0 radical (unpaired) electrons. The highest BCUT2D eigenvalue weighted by molar-refractivity contribution is 5.73. The van der Waals surface area contributed by atoms with E-state index in [4.69, 9.17) is 4.74 Å². The Hall–Kier alpha value is -2.01. The fourth-order valence-electron chi connectivity index (χ4n) is 2.86. The largest absolute Gasteiger partial charge is 0.489 e. The summed E-state index contributed by atoms with van der Waals surface area (Å²) in [4.78, 5) is 11.9. The lowest BCUT2D eigenvalue weighted by Gasteiger charge is -2.25. The third kappa shape index (κ3) is 5.94. The number of urea groups is 1. The number of aliphatic hydroxyl groups is 1. The van der Waals surface area contributed by atoms with E-state index in [0.717, 1.165) is 37.0 Å². The van der Waals surface area contributed by atoms with Crippen molar-refractivity contribution in [2.45, 2.75) is 38.3 Å². The van der Waals surface area contributed by atoms with Crippen LogP contribution in [0.5, 0.6) is 5.75 Å². The van der Waals surface area contributed by atoms with Gasteiger partial charge in [-0.05, 0) is 31.2 Å². The molecule has 0 spiro atoms. The predicted molar refractivity (Wildman–Crippen MR) is 90.3 cm³/mol. The number of amides is 2. The lowest BCUT2D eigenvalue weighted by atomic mass is 9.87. The summed E-state index contributed by atoms with van der Waals surface area (Å²) in [5.74, 6) is 1.12. The molecule has 126 valence electrons. The van der Waals surface area contributed by atoms with E-state index in [1.165, 1.54) is 0 Å². The minimum atomic E-state index is -0.215. The van der Waals surface area contributed by atoms with Gasteiger partial charge in [0.2, 0.25) is 0 Å². The van der Waals surface area contributed by atoms with E-state index in [1.807, 2.05) is 24.3 Å². The summed E-state index contributed by atoms with van der Waals surface area (Å²) in [5, 5.41) is 15.4. The minimum absolute atomic E-state index is 0.191. The number of hydrogen-bond donors (Lipinski definition) is 3. The highest BCUT2D eigenvalue weighted by Crippen LogP contribution is 2.23. The Labute approximate surface area is 137 Å². The van der Waals surface area contributed by atoms with Gasteiger partial charge >= 0.3 is 6.03 Å². The molecule has 2 amide bonds. The smallest absolute Gasteiger partial charge is 0.315 e. The van der Waals surface area contributed by atoms with Gasteiger partial charge in [0.15, 0.2) is 0 Å². The van der Waals surface area contributed by atoms with Crippen molar-refractivity contribution in [3.63, 3.8) is 0 Å². The summed E-state index contributed by atoms with van der Waals surface area (Å²) in [5.41, 5.74) is 0.928. The average Bonchev–Trinajstić information content (AvgIpc) is 2.57. The van der Waals surface area contributed by atoms with Gasteiger partial charge in [-0.25, -0.2) is 4.79 Å². The summed E-state index contributed by atoms with van der Waals surface area (Å²) in [6.07, 6.45) is 5.23. The topological polar surface area (TPSA) is 70.6 Å². The van der Waals surface area contributed by atoms with Crippen molar-refractivity contribution in [3.8, 4) is 5.75 Å². The summed E-state index contributed by atoms with van der Waals surface area (Å²) < 4.78 is 5.57. The molecule has 0 bridgehead atoms. The third-order valence-corrected chi connectivity index (χ3v) is 4.08. The van der Waals surface area contributed by atoms with Gasteiger partial charge in [-0.15, -0.1) is 0 Å². The number of aliphatic hydroxyl groups excluding tert-OH is 1. The molecule has 1 aromatic carbocycles. The van der Waals surface area contributed by atoms with E-state index in [0.29, 0.717) is 25.6 Å². The highest BCUT2D eigenvalue weighted by Gasteiger charge is 2.20. The lowest BCUT2D eigenvalue weighted by Crippen LogP contribution is -2.39. The van der Waals surface area contributed by atoms with Crippen molar-refractivity contribution in [2.24, 2.45) is 5.92 Å². The van der Waals surface area contributed by atoms with Crippen LogP contribution in [0.2, 0.25) is 0 Å². The maximum absolute atomic E-state index is 11.9. The van der Waals surface area contributed by atoms with Gasteiger partial charge < -0.3 is 20.5 Å². The maximum atomic E-state index is 11.9. The summed E-state index contributed by atoms with van der Waals surface area (Å²) in [7, 11) is 0. The van der Waals surface area contributed by atoms with Gasteiger partial charge in [0.05, 0.1) is 6.10 Å². The molecule has 23 heavy (non-hydrogen) atoms. The van der Waals surface area contributed by atoms with Crippen molar-refractivity contribution >= 4 is 6.03 Å². The monoisotopic (exact) mass is 318 g/mol. The highest BCUT2D eigenvalue weighted by atomic mass is 16.5. The minimum Gasteiger partial charge on any atom is -0.489 e. The number of ether oxygens (including phenoxy) is 1. The Kier molecular flexibility index (Phi) is 6.94. The van der Waals surface area contributed by atoms with Crippen molar-refractivity contribution in [3.05, 3.63) is 42.5 Å². The molecule has 5 heteroatoms. The number of para-hydroxylation sites is 1. The number of rotatable bonds is 7. The molecule has 1 aliphatic rings. The summed E-state index contributed by atoms with van der Waals surface area (Å²) in [6, 6.07) is 7.43. The van der Waals surface area contributed by atoms with Crippen molar-refractivity contribution in [1.82, 2.24) is 10.6 Å². The first-order valence-corrected chi connectivity index (χ1v) is 8.20. The zero-order valence-corrected chi connectivity index (χ0v) is 13.5. The molecule has 2 unspecified atom stereocenters. The van der Waals surface area contributed by atoms with Crippen LogP contribution in [0.4, 0.5) is 4.79 Å². The fourth-order valence-corrected chi connectivity index (χ4v) is 2.86. The molecule has 0 heterocycles. The Morgan fingerprint density at radius 3 is 2.96 bits per heavy atom.